The molecule has 1 spiro atoms. The largest absolute Gasteiger partial charge is 0.410 e. The molecule has 3 heterocycles. The first-order valence-electron chi connectivity index (χ1n) is 13.4. The molecule has 3 saturated heterocycles. The van der Waals surface area contributed by atoms with Crippen LogP contribution in [0.4, 0.5) is 24.5 Å². The van der Waals surface area contributed by atoms with Gasteiger partial charge in [0, 0.05) is 61.4 Å². The fraction of sp³-hybridized carbons (Fsp3) is 0.429. The number of alkyl halides is 3. The third-order valence-corrected chi connectivity index (χ3v) is 8.22. The van der Waals surface area contributed by atoms with E-state index in [-0.39, 0.29) is 64.0 Å². The lowest BCUT2D eigenvalue weighted by Crippen LogP contribution is -2.61. The van der Waals surface area contributed by atoms with E-state index in [2.05, 4.69) is 5.32 Å². The van der Waals surface area contributed by atoms with E-state index in [1.165, 1.54) is 4.90 Å². The lowest BCUT2D eigenvalue weighted by Gasteiger charge is -2.43. The molecule has 1 atom stereocenters. The molecule has 2 aromatic carbocycles. The highest BCUT2D eigenvalue weighted by atomic mass is 19.4. The molecule has 10 nitrogen and oxygen atoms in total. The second-order valence-corrected chi connectivity index (χ2v) is 10.6. The number of carbonyl (C=O) groups excluding carboxylic acids is 3. The van der Waals surface area contributed by atoms with Crippen molar-refractivity contribution >= 4 is 35.3 Å². The highest BCUT2D eigenvalue weighted by Crippen LogP contribution is 2.40. The van der Waals surface area contributed by atoms with Crippen molar-refractivity contribution < 1.29 is 27.6 Å². The maximum Gasteiger partial charge on any atom is 0.410 e. The van der Waals surface area contributed by atoms with Gasteiger partial charge in [-0.25, -0.2) is 0 Å². The van der Waals surface area contributed by atoms with E-state index >= 15 is 0 Å². The molecule has 5 rings (SSSR count). The van der Waals surface area contributed by atoms with Gasteiger partial charge in [-0.2, -0.15) is 13.2 Å². The molecule has 3 aliphatic heterocycles. The minimum absolute atomic E-state index is 0.0476. The molecule has 4 N–H and O–H groups in total. The van der Waals surface area contributed by atoms with E-state index in [1.807, 2.05) is 35.2 Å². The number of hydrogen-bond donors (Lipinski definition) is 3. The molecule has 1 unspecified atom stereocenters. The summed E-state index contributed by atoms with van der Waals surface area (Å²) in [6, 6.07) is 12.0. The SMILES string of the molecule is N=Cc1cc(C(=O)N2CCC3(CC2)C(=O)N(CC(=O)N2CCNCC2C(F)(F)F)CN3c2ccccc2)ccc1N. The summed E-state index contributed by atoms with van der Waals surface area (Å²) >= 11 is 0. The first-order chi connectivity index (χ1) is 19.5. The second-order valence-electron chi connectivity index (χ2n) is 10.6. The van der Waals surface area contributed by atoms with Gasteiger partial charge in [0.15, 0.2) is 0 Å². The van der Waals surface area contributed by atoms with Gasteiger partial charge in [0.05, 0.1) is 6.67 Å². The van der Waals surface area contributed by atoms with Crippen LogP contribution in [0.5, 0.6) is 0 Å². The normalized spacial score (nSPS) is 21.0. The van der Waals surface area contributed by atoms with Gasteiger partial charge in [-0.15, -0.1) is 0 Å². The van der Waals surface area contributed by atoms with Gasteiger partial charge < -0.3 is 36.1 Å². The summed E-state index contributed by atoms with van der Waals surface area (Å²) in [5.74, 6) is -1.33. The topological polar surface area (TPSA) is 126 Å². The molecule has 13 heteroatoms. The highest BCUT2D eigenvalue weighted by Gasteiger charge is 2.55. The average molecular weight is 572 g/mol. The quantitative estimate of drug-likeness (QED) is 0.372. The number of amides is 3. The molecule has 3 amide bonds. The fourth-order valence-corrected chi connectivity index (χ4v) is 5.97. The molecule has 3 fully saturated rings. The summed E-state index contributed by atoms with van der Waals surface area (Å²) in [4.78, 5) is 46.1. The minimum atomic E-state index is -4.58. The summed E-state index contributed by atoms with van der Waals surface area (Å²) in [5, 5.41) is 10.2. The van der Waals surface area contributed by atoms with Crippen LogP contribution in [-0.2, 0) is 9.59 Å². The van der Waals surface area contributed by atoms with Crippen molar-refractivity contribution in [2.75, 3.05) is 56.6 Å². The number of piperazine rings is 1. The van der Waals surface area contributed by atoms with Crippen molar-refractivity contribution in [3.8, 4) is 0 Å². The molecule has 218 valence electrons. The Kier molecular flexibility index (Phi) is 7.64. The Hall–Kier alpha value is -4.13. The van der Waals surface area contributed by atoms with E-state index in [4.69, 9.17) is 11.1 Å². The Balaban J connectivity index is 1.36. The first kappa shape index (κ1) is 28.4. The smallest absolute Gasteiger partial charge is 0.398 e. The maximum absolute atomic E-state index is 14.0. The number of halogens is 3. The molecular weight excluding hydrogens is 539 g/mol. The number of carbonyl (C=O) groups is 3. The van der Waals surface area contributed by atoms with E-state index in [1.54, 1.807) is 23.1 Å². The fourth-order valence-electron chi connectivity index (χ4n) is 5.97. The molecule has 0 saturated carbocycles. The number of para-hydroxylation sites is 1. The van der Waals surface area contributed by atoms with Crippen molar-refractivity contribution in [3.05, 3.63) is 59.7 Å². The molecule has 0 bridgehead atoms. The molecule has 0 aromatic heterocycles. The maximum atomic E-state index is 14.0. The van der Waals surface area contributed by atoms with Crippen LogP contribution >= 0.6 is 0 Å². The number of nitrogens with two attached hydrogens (primary N) is 1. The zero-order valence-corrected chi connectivity index (χ0v) is 22.4. The zero-order chi connectivity index (χ0) is 29.4. The predicted molar refractivity (Wildman–Crippen MR) is 147 cm³/mol. The Bertz CT molecular complexity index is 1330. The van der Waals surface area contributed by atoms with Crippen LogP contribution in [0.3, 0.4) is 0 Å². The van der Waals surface area contributed by atoms with Gasteiger partial charge in [-0.05, 0) is 43.2 Å². The number of hydrogen-bond acceptors (Lipinski definition) is 7. The summed E-state index contributed by atoms with van der Waals surface area (Å²) in [6.45, 7) is -0.140. The van der Waals surface area contributed by atoms with Crippen LogP contribution in [0.15, 0.2) is 48.5 Å². The number of nitrogen functional groups attached to an aromatic ring is 1. The van der Waals surface area contributed by atoms with Crippen molar-refractivity contribution in [1.29, 1.82) is 5.41 Å². The van der Waals surface area contributed by atoms with E-state index in [0.717, 1.165) is 16.8 Å². The lowest BCUT2D eigenvalue weighted by molar-refractivity contribution is -0.192. The number of nitrogens with zero attached hydrogens (tertiary/aromatic N) is 4. The van der Waals surface area contributed by atoms with Crippen LogP contribution in [-0.4, -0.2) is 102 Å². The van der Waals surface area contributed by atoms with E-state index in [0.29, 0.717) is 16.8 Å². The standard InChI is InChI=1S/C28H32F3N7O3/c29-28(30,31)23-16-34-10-13-37(23)24(39)17-36-18-38(21-4-2-1-3-5-21)27(26(36)41)8-11-35(12-9-27)25(40)19-6-7-22(33)20(14-19)15-32/h1-7,14-15,23,32,34H,8-13,16-18,33H2. The molecule has 3 aliphatic rings. The van der Waals surface area contributed by atoms with Gasteiger partial charge in [-0.1, -0.05) is 18.2 Å². The number of rotatable bonds is 5. The number of nitrogens with one attached hydrogen (secondary N) is 2. The van der Waals surface area contributed by atoms with Crippen molar-refractivity contribution in [3.63, 3.8) is 0 Å². The number of likely N-dealkylation sites (tertiary alicyclic amines) is 1. The van der Waals surface area contributed by atoms with Crippen LogP contribution in [0.25, 0.3) is 0 Å². The third kappa shape index (κ3) is 5.33. The number of benzene rings is 2. The van der Waals surface area contributed by atoms with Crippen molar-refractivity contribution in [2.45, 2.75) is 30.6 Å². The summed E-state index contributed by atoms with van der Waals surface area (Å²) in [5.41, 5.74) is 6.76. The van der Waals surface area contributed by atoms with Gasteiger partial charge >= 0.3 is 6.18 Å². The van der Waals surface area contributed by atoms with Gasteiger partial charge in [0.2, 0.25) is 5.91 Å². The Morgan fingerprint density at radius 3 is 2.46 bits per heavy atom. The minimum Gasteiger partial charge on any atom is -0.398 e. The van der Waals surface area contributed by atoms with Gasteiger partial charge in [-0.3, -0.25) is 14.4 Å². The average Bonchev–Trinajstić information content (AvgIpc) is 3.23. The second kappa shape index (κ2) is 11.0. The van der Waals surface area contributed by atoms with Crippen LogP contribution < -0.4 is 16.0 Å². The zero-order valence-electron chi connectivity index (χ0n) is 22.4. The van der Waals surface area contributed by atoms with Crippen LogP contribution in [0.1, 0.15) is 28.8 Å². The monoisotopic (exact) mass is 571 g/mol. The van der Waals surface area contributed by atoms with E-state index in [9.17, 15) is 27.6 Å². The summed E-state index contributed by atoms with van der Waals surface area (Å²) < 4.78 is 40.9. The number of anilines is 2. The van der Waals surface area contributed by atoms with Crippen molar-refractivity contribution in [2.24, 2.45) is 0 Å². The van der Waals surface area contributed by atoms with Gasteiger partial charge in [0.1, 0.15) is 18.1 Å². The predicted octanol–water partition coefficient (Wildman–Crippen LogP) is 1.91. The Morgan fingerprint density at radius 1 is 1.10 bits per heavy atom. The van der Waals surface area contributed by atoms with Gasteiger partial charge in [0.25, 0.3) is 11.8 Å². The Labute approximate surface area is 235 Å². The highest BCUT2D eigenvalue weighted by molar-refractivity contribution is 5.99. The van der Waals surface area contributed by atoms with Crippen LogP contribution in [0, 0.1) is 5.41 Å². The number of piperidine rings is 1. The summed E-state index contributed by atoms with van der Waals surface area (Å²) in [6.07, 6.45) is -2.94. The first-order valence-corrected chi connectivity index (χ1v) is 13.4. The molecular formula is C28H32F3N7O3. The lowest BCUT2D eigenvalue weighted by atomic mass is 9.85. The van der Waals surface area contributed by atoms with Crippen LogP contribution in [0.2, 0.25) is 0 Å². The third-order valence-electron chi connectivity index (χ3n) is 8.22. The summed E-state index contributed by atoms with van der Waals surface area (Å²) in [7, 11) is 0. The Morgan fingerprint density at radius 2 is 1.80 bits per heavy atom. The molecule has 2 aromatic rings. The molecule has 41 heavy (non-hydrogen) atoms. The molecule has 0 aliphatic carbocycles. The van der Waals surface area contributed by atoms with Crippen molar-refractivity contribution in [1.82, 2.24) is 20.0 Å². The van der Waals surface area contributed by atoms with E-state index < -0.39 is 30.2 Å². The molecule has 0 radical (unpaired) electrons.